The molecule has 0 aromatic carbocycles. The minimum absolute atomic E-state index is 0.0156. The van der Waals surface area contributed by atoms with Crippen molar-refractivity contribution in [2.75, 3.05) is 13.2 Å². The standard InChI is InChI=1S/C12H19NO4/c1-8(12(15)16)7-13(9-4-5-9)11(14)10-3-2-6-17-10/h8-10H,2-7H2,1H3,(H,15,16)/t8-,10-/m0/s1. The number of carboxylic acid groups (broad SMARTS) is 1. The fraction of sp³-hybridized carbons (Fsp3) is 0.833. The molecule has 2 atom stereocenters. The fourth-order valence-electron chi connectivity index (χ4n) is 2.14. The van der Waals surface area contributed by atoms with Gasteiger partial charge in [0, 0.05) is 19.2 Å². The summed E-state index contributed by atoms with van der Waals surface area (Å²) in [4.78, 5) is 24.8. The Kier molecular flexibility index (Phi) is 3.66. The van der Waals surface area contributed by atoms with Crippen molar-refractivity contribution in [3.05, 3.63) is 0 Å². The van der Waals surface area contributed by atoms with E-state index in [1.165, 1.54) is 0 Å². The Labute approximate surface area is 101 Å². The molecule has 5 nitrogen and oxygen atoms in total. The lowest BCUT2D eigenvalue weighted by molar-refractivity contribution is -0.146. The first-order valence-corrected chi connectivity index (χ1v) is 6.24. The third-order valence-electron chi connectivity index (χ3n) is 3.37. The van der Waals surface area contributed by atoms with Gasteiger partial charge in [-0.3, -0.25) is 9.59 Å². The average Bonchev–Trinajstić information content (AvgIpc) is 2.98. The summed E-state index contributed by atoms with van der Waals surface area (Å²) in [5.41, 5.74) is 0. The summed E-state index contributed by atoms with van der Waals surface area (Å²) in [6.45, 7) is 2.59. The van der Waals surface area contributed by atoms with E-state index < -0.39 is 11.9 Å². The Morgan fingerprint density at radius 3 is 2.59 bits per heavy atom. The highest BCUT2D eigenvalue weighted by Crippen LogP contribution is 2.29. The summed E-state index contributed by atoms with van der Waals surface area (Å²) in [5.74, 6) is -1.38. The molecule has 1 amide bonds. The van der Waals surface area contributed by atoms with Gasteiger partial charge in [-0.1, -0.05) is 6.92 Å². The van der Waals surface area contributed by atoms with Crippen molar-refractivity contribution in [1.29, 1.82) is 0 Å². The molecule has 1 saturated carbocycles. The van der Waals surface area contributed by atoms with Crippen LogP contribution in [-0.2, 0) is 14.3 Å². The van der Waals surface area contributed by atoms with Crippen molar-refractivity contribution in [3.8, 4) is 0 Å². The average molecular weight is 241 g/mol. The number of amides is 1. The molecule has 1 aliphatic carbocycles. The van der Waals surface area contributed by atoms with Gasteiger partial charge in [-0.2, -0.15) is 0 Å². The molecule has 1 N–H and O–H groups in total. The van der Waals surface area contributed by atoms with Crippen LogP contribution >= 0.6 is 0 Å². The third-order valence-corrected chi connectivity index (χ3v) is 3.37. The van der Waals surface area contributed by atoms with E-state index in [0.717, 1.165) is 25.7 Å². The van der Waals surface area contributed by atoms with E-state index in [4.69, 9.17) is 9.84 Å². The van der Waals surface area contributed by atoms with Gasteiger partial charge in [0.25, 0.3) is 5.91 Å². The smallest absolute Gasteiger partial charge is 0.308 e. The van der Waals surface area contributed by atoms with Gasteiger partial charge in [-0.15, -0.1) is 0 Å². The number of carboxylic acids is 1. The second-order valence-electron chi connectivity index (χ2n) is 4.96. The molecular weight excluding hydrogens is 222 g/mol. The number of ether oxygens (including phenoxy) is 1. The number of nitrogens with zero attached hydrogens (tertiary/aromatic N) is 1. The van der Waals surface area contributed by atoms with Crippen LogP contribution in [0.25, 0.3) is 0 Å². The van der Waals surface area contributed by atoms with Crippen molar-refractivity contribution < 1.29 is 19.4 Å². The van der Waals surface area contributed by atoms with E-state index in [1.807, 2.05) is 0 Å². The van der Waals surface area contributed by atoms with Crippen molar-refractivity contribution in [2.24, 2.45) is 5.92 Å². The molecule has 1 saturated heterocycles. The van der Waals surface area contributed by atoms with E-state index in [9.17, 15) is 9.59 Å². The Balaban J connectivity index is 1.96. The second kappa shape index (κ2) is 5.04. The zero-order valence-electron chi connectivity index (χ0n) is 10.1. The van der Waals surface area contributed by atoms with Gasteiger partial charge in [-0.05, 0) is 25.7 Å². The Bertz CT molecular complexity index is 308. The number of hydrogen-bond acceptors (Lipinski definition) is 3. The molecule has 0 unspecified atom stereocenters. The number of aliphatic carboxylic acids is 1. The highest BCUT2D eigenvalue weighted by Gasteiger charge is 2.38. The first kappa shape index (κ1) is 12.4. The highest BCUT2D eigenvalue weighted by atomic mass is 16.5. The van der Waals surface area contributed by atoms with Crippen molar-refractivity contribution >= 4 is 11.9 Å². The minimum atomic E-state index is -0.851. The molecule has 17 heavy (non-hydrogen) atoms. The largest absolute Gasteiger partial charge is 0.481 e. The van der Waals surface area contributed by atoms with Crippen LogP contribution in [0.3, 0.4) is 0 Å². The molecule has 0 radical (unpaired) electrons. The molecule has 1 heterocycles. The van der Waals surface area contributed by atoms with Crippen LogP contribution in [0.2, 0.25) is 0 Å². The van der Waals surface area contributed by atoms with Crippen LogP contribution in [-0.4, -0.2) is 47.2 Å². The van der Waals surface area contributed by atoms with Crippen molar-refractivity contribution in [3.63, 3.8) is 0 Å². The van der Waals surface area contributed by atoms with Crippen molar-refractivity contribution in [2.45, 2.75) is 44.8 Å². The van der Waals surface area contributed by atoms with Gasteiger partial charge < -0.3 is 14.7 Å². The lowest BCUT2D eigenvalue weighted by atomic mass is 10.1. The molecule has 1 aliphatic heterocycles. The maximum absolute atomic E-state index is 12.2. The maximum Gasteiger partial charge on any atom is 0.308 e. The van der Waals surface area contributed by atoms with E-state index in [-0.39, 0.29) is 18.1 Å². The number of rotatable bonds is 5. The summed E-state index contributed by atoms with van der Waals surface area (Å²) in [6, 6.07) is 0.244. The van der Waals surface area contributed by atoms with Gasteiger partial charge in [0.1, 0.15) is 6.10 Å². The van der Waals surface area contributed by atoms with Gasteiger partial charge >= 0.3 is 5.97 Å². The quantitative estimate of drug-likeness (QED) is 0.775. The van der Waals surface area contributed by atoms with Crippen molar-refractivity contribution in [1.82, 2.24) is 4.90 Å². The monoisotopic (exact) mass is 241 g/mol. The van der Waals surface area contributed by atoms with Crippen LogP contribution < -0.4 is 0 Å². The van der Waals surface area contributed by atoms with Crippen LogP contribution in [0.15, 0.2) is 0 Å². The van der Waals surface area contributed by atoms with Crippen LogP contribution in [0.1, 0.15) is 32.6 Å². The van der Waals surface area contributed by atoms with Crippen LogP contribution in [0, 0.1) is 5.92 Å². The molecule has 2 fully saturated rings. The first-order valence-electron chi connectivity index (χ1n) is 6.24. The molecule has 0 bridgehead atoms. The Morgan fingerprint density at radius 1 is 1.41 bits per heavy atom. The fourth-order valence-corrected chi connectivity index (χ4v) is 2.14. The number of carbonyl (C=O) groups excluding carboxylic acids is 1. The lowest BCUT2D eigenvalue weighted by Crippen LogP contribution is -2.43. The number of hydrogen-bond donors (Lipinski definition) is 1. The molecule has 96 valence electrons. The van der Waals surface area contributed by atoms with Gasteiger partial charge in [-0.25, -0.2) is 0 Å². The predicted molar refractivity (Wildman–Crippen MR) is 60.5 cm³/mol. The topological polar surface area (TPSA) is 66.8 Å². The second-order valence-corrected chi connectivity index (χ2v) is 4.96. The SMILES string of the molecule is C[C@@H](CN(C(=O)[C@@H]1CCCO1)C1CC1)C(=O)O. The summed E-state index contributed by atoms with van der Waals surface area (Å²) >= 11 is 0. The van der Waals surface area contributed by atoms with Gasteiger partial charge in [0.05, 0.1) is 5.92 Å². The zero-order chi connectivity index (χ0) is 12.4. The summed E-state index contributed by atoms with van der Waals surface area (Å²) < 4.78 is 5.38. The van der Waals surface area contributed by atoms with E-state index in [1.54, 1.807) is 11.8 Å². The van der Waals surface area contributed by atoms with E-state index in [0.29, 0.717) is 13.2 Å². The maximum atomic E-state index is 12.2. The number of carbonyl (C=O) groups is 2. The summed E-state index contributed by atoms with van der Waals surface area (Å²) in [5, 5.41) is 8.91. The minimum Gasteiger partial charge on any atom is -0.481 e. The normalized spacial score (nSPS) is 25.6. The van der Waals surface area contributed by atoms with Crippen LogP contribution in [0.5, 0.6) is 0 Å². The highest BCUT2D eigenvalue weighted by molar-refractivity contribution is 5.82. The molecule has 0 spiro atoms. The van der Waals surface area contributed by atoms with Gasteiger partial charge in [0.2, 0.25) is 0 Å². The molecule has 0 aromatic rings. The molecule has 2 rings (SSSR count). The van der Waals surface area contributed by atoms with Crippen LogP contribution in [0.4, 0.5) is 0 Å². The molecule has 2 aliphatic rings. The van der Waals surface area contributed by atoms with E-state index in [2.05, 4.69) is 0 Å². The lowest BCUT2D eigenvalue weighted by Gasteiger charge is -2.26. The molecular formula is C12H19NO4. The van der Waals surface area contributed by atoms with Gasteiger partial charge in [0.15, 0.2) is 0 Å². The Morgan fingerprint density at radius 2 is 2.12 bits per heavy atom. The predicted octanol–water partition coefficient (Wildman–Crippen LogP) is 0.877. The third kappa shape index (κ3) is 2.97. The molecule has 0 aromatic heterocycles. The Hall–Kier alpha value is -1.10. The summed E-state index contributed by atoms with van der Waals surface area (Å²) in [6.07, 6.45) is 3.33. The molecule has 5 heteroatoms. The van der Waals surface area contributed by atoms with E-state index >= 15 is 0 Å². The first-order chi connectivity index (χ1) is 8.09. The summed E-state index contributed by atoms with van der Waals surface area (Å²) in [7, 11) is 0. The zero-order valence-corrected chi connectivity index (χ0v) is 10.1.